The van der Waals surface area contributed by atoms with E-state index in [4.69, 9.17) is 4.74 Å². The molecule has 0 spiro atoms. The van der Waals surface area contributed by atoms with Crippen LogP contribution in [0.5, 0.6) is 5.88 Å². The first kappa shape index (κ1) is 16.2. The number of carbonyl (C=O) groups is 1. The second-order valence-electron chi connectivity index (χ2n) is 4.78. The predicted octanol–water partition coefficient (Wildman–Crippen LogP) is 2.81. The molecular formula is C15H20N4O2S. The van der Waals surface area contributed by atoms with Gasteiger partial charge in [-0.2, -0.15) is 0 Å². The van der Waals surface area contributed by atoms with E-state index in [1.807, 2.05) is 38.3 Å². The van der Waals surface area contributed by atoms with Crippen LogP contribution >= 0.6 is 11.3 Å². The number of pyridine rings is 1. The molecular weight excluding hydrogens is 300 g/mol. The Morgan fingerprint density at radius 3 is 3.00 bits per heavy atom. The fourth-order valence-corrected chi connectivity index (χ4v) is 2.69. The van der Waals surface area contributed by atoms with Crippen LogP contribution in [-0.4, -0.2) is 22.6 Å². The van der Waals surface area contributed by atoms with E-state index in [1.165, 1.54) is 11.3 Å². The molecule has 1 atom stereocenters. The maximum Gasteiger partial charge on any atom is 0.315 e. The fraction of sp³-hybridized carbons (Fsp3) is 0.400. The van der Waals surface area contributed by atoms with E-state index < -0.39 is 0 Å². The zero-order valence-corrected chi connectivity index (χ0v) is 13.7. The van der Waals surface area contributed by atoms with Crippen LogP contribution in [0, 0.1) is 6.92 Å². The second-order valence-corrected chi connectivity index (χ2v) is 5.67. The first-order valence-electron chi connectivity index (χ1n) is 7.13. The third-order valence-corrected chi connectivity index (χ3v) is 4.07. The number of nitrogens with zero attached hydrogens (tertiary/aromatic N) is 2. The fourth-order valence-electron chi connectivity index (χ4n) is 1.88. The number of aryl methyl sites for hydroxylation is 1. The van der Waals surface area contributed by atoms with Crippen molar-refractivity contribution < 1.29 is 9.53 Å². The SMILES string of the molecule is CCOc1ncccc1CNC(=O)N[C@@H](C)c1nc(C)cs1. The summed E-state index contributed by atoms with van der Waals surface area (Å²) in [7, 11) is 0. The molecule has 0 saturated carbocycles. The number of ether oxygens (including phenoxy) is 1. The van der Waals surface area contributed by atoms with Crippen molar-refractivity contribution in [1.29, 1.82) is 0 Å². The summed E-state index contributed by atoms with van der Waals surface area (Å²) in [4.78, 5) is 20.5. The molecule has 0 bridgehead atoms. The number of rotatable bonds is 6. The van der Waals surface area contributed by atoms with E-state index in [0.29, 0.717) is 19.0 Å². The number of carbonyl (C=O) groups excluding carboxylic acids is 1. The molecule has 2 heterocycles. The lowest BCUT2D eigenvalue weighted by molar-refractivity contribution is 0.237. The number of hydrogen-bond acceptors (Lipinski definition) is 5. The molecule has 6 nitrogen and oxygen atoms in total. The zero-order valence-electron chi connectivity index (χ0n) is 12.9. The minimum absolute atomic E-state index is 0.126. The van der Waals surface area contributed by atoms with Crippen molar-refractivity contribution in [3.63, 3.8) is 0 Å². The second kappa shape index (κ2) is 7.74. The number of aromatic nitrogens is 2. The molecule has 0 aliphatic rings. The van der Waals surface area contributed by atoms with Gasteiger partial charge in [0.05, 0.1) is 12.6 Å². The lowest BCUT2D eigenvalue weighted by Crippen LogP contribution is -2.36. The minimum Gasteiger partial charge on any atom is -0.478 e. The Hall–Kier alpha value is -2.15. The Balaban J connectivity index is 1.88. The summed E-state index contributed by atoms with van der Waals surface area (Å²) in [6.45, 7) is 6.64. The highest BCUT2D eigenvalue weighted by Gasteiger charge is 2.13. The molecule has 2 aromatic rings. The van der Waals surface area contributed by atoms with Gasteiger partial charge >= 0.3 is 6.03 Å². The van der Waals surface area contributed by atoms with Crippen LogP contribution < -0.4 is 15.4 Å². The van der Waals surface area contributed by atoms with Gasteiger partial charge in [-0.3, -0.25) is 0 Å². The average Bonchev–Trinajstić information content (AvgIpc) is 2.93. The summed E-state index contributed by atoms with van der Waals surface area (Å²) in [5.74, 6) is 0.550. The highest BCUT2D eigenvalue weighted by molar-refractivity contribution is 7.09. The van der Waals surface area contributed by atoms with Gasteiger partial charge in [-0.25, -0.2) is 14.8 Å². The van der Waals surface area contributed by atoms with Gasteiger partial charge in [-0.05, 0) is 26.8 Å². The van der Waals surface area contributed by atoms with Crippen LogP contribution in [0.25, 0.3) is 0 Å². The van der Waals surface area contributed by atoms with Gasteiger partial charge in [0.25, 0.3) is 0 Å². The summed E-state index contributed by atoms with van der Waals surface area (Å²) in [6, 6.07) is 3.33. The van der Waals surface area contributed by atoms with E-state index in [1.54, 1.807) is 6.20 Å². The molecule has 0 aliphatic heterocycles. The van der Waals surface area contributed by atoms with Gasteiger partial charge in [0.2, 0.25) is 5.88 Å². The number of amides is 2. The Morgan fingerprint density at radius 1 is 1.50 bits per heavy atom. The van der Waals surface area contributed by atoms with E-state index >= 15 is 0 Å². The van der Waals surface area contributed by atoms with Gasteiger partial charge in [-0.1, -0.05) is 6.07 Å². The maximum atomic E-state index is 12.0. The monoisotopic (exact) mass is 320 g/mol. The molecule has 118 valence electrons. The molecule has 0 radical (unpaired) electrons. The molecule has 0 aromatic carbocycles. The van der Waals surface area contributed by atoms with Crippen LogP contribution in [-0.2, 0) is 6.54 Å². The highest BCUT2D eigenvalue weighted by atomic mass is 32.1. The Kier molecular flexibility index (Phi) is 5.71. The molecule has 2 amide bonds. The number of nitrogens with one attached hydrogen (secondary N) is 2. The maximum absolute atomic E-state index is 12.0. The van der Waals surface area contributed by atoms with E-state index in [0.717, 1.165) is 16.3 Å². The van der Waals surface area contributed by atoms with Crippen molar-refractivity contribution in [3.05, 3.63) is 40.0 Å². The van der Waals surface area contributed by atoms with Crippen LogP contribution in [0.4, 0.5) is 4.79 Å². The summed E-state index contributed by atoms with van der Waals surface area (Å²) in [5, 5.41) is 8.54. The van der Waals surface area contributed by atoms with E-state index in [-0.39, 0.29) is 12.1 Å². The smallest absolute Gasteiger partial charge is 0.315 e. The van der Waals surface area contributed by atoms with Gasteiger partial charge < -0.3 is 15.4 Å². The van der Waals surface area contributed by atoms with Crippen LogP contribution in [0.2, 0.25) is 0 Å². The van der Waals surface area contributed by atoms with E-state index in [2.05, 4.69) is 20.6 Å². The molecule has 2 aromatic heterocycles. The standard InChI is InChI=1S/C15H20N4O2S/c1-4-21-13-12(6-5-7-16-13)8-17-15(20)19-11(3)14-18-10(2)9-22-14/h5-7,9,11H,4,8H2,1-3H3,(H2,17,19,20)/t11-/m0/s1. The van der Waals surface area contributed by atoms with Crippen molar-refractivity contribution in [3.8, 4) is 5.88 Å². The first-order valence-corrected chi connectivity index (χ1v) is 8.01. The summed E-state index contributed by atoms with van der Waals surface area (Å²) in [5.41, 5.74) is 1.81. The molecule has 0 aliphatic carbocycles. The van der Waals surface area contributed by atoms with Crippen molar-refractivity contribution in [2.45, 2.75) is 33.4 Å². The van der Waals surface area contributed by atoms with Crippen molar-refractivity contribution >= 4 is 17.4 Å². The molecule has 2 rings (SSSR count). The Bertz CT molecular complexity index is 630. The van der Waals surface area contributed by atoms with Gasteiger partial charge in [0.15, 0.2) is 0 Å². The third-order valence-electron chi connectivity index (χ3n) is 2.93. The molecule has 0 saturated heterocycles. The van der Waals surface area contributed by atoms with Gasteiger partial charge in [0.1, 0.15) is 5.01 Å². The summed E-state index contributed by atoms with van der Waals surface area (Å²) < 4.78 is 5.43. The molecule has 22 heavy (non-hydrogen) atoms. The summed E-state index contributed by atoms with van der Waals surface area (Å²) in [6.07, 6.45) is 1.67. The van der Waals surface area contributed by atoms with Crippen molar-refractivity contribution in [2.75, 3.05) is 6.61 Å². The van der Waals surface area contributed by atoms with Crippen molar-refractivity contribution in [2.24, 2.45) is 0 Å². The molecule has 2 N–H and O–H groups in total. The zero-order chi connectivity index (χ0) is 15.9. The Labute approximate surface area is 133 Å². The van der Waals surface area contributed by atoms with E-state index in [9.17, 15) is 4.79 Å². The lowest BCUT2D eigenvalue weighted by Gasteiger charge is -2.13. The largest absolute Gasteiger partial charge is 0.478 e. The van der Waals surface area contributed by atoms with Gasteiger partial charge in [-0.15, -0.1) is 11.3 Å². The quantitative estimate of drug-likeness (QED) is 0.858. The predicted molar refractivity (Wildman–Crippen MR) is 86.0 cm³/mol. The van der Waals surface area contributed by atoms with Gasteiger partial charge in [0, 0.05) is 29.4 Å². The van der Waals surface area contributed by atoms with Crippen LogP contribution in [0.15, 0.2) is 23.7 Å². The lowest BCUT2D eigenvalue weighted by atomic mass is 10.2. The van der Waals surface area contributed by atoms with Crippen molar-refractivity contribution in [1.82, 2.24) is 20.6 Å². The Morgan fingerprint density at radius 2 is 2.32 bits per heavy atom. The molecule has 7 heteroatoms. The third kappa shape index (κ3) is 4.42. The molecule has 0 fully saturated rings. The number of thiazole rings is 1. The first-order chi connectivity index (χ1) is 10.6. The number of urea groups is 1. The topological polar surface area (TPSA) is 76.1 Å². The highest BCUT2D eigenvalue weighted by Crippen LogP contribution is 2.17. The molecule has 0 unspecified atom stereocenters. The number of hydrogen-bond donors (Lipinski definition) is 2. The summed E-state index contributed by atoms with van der Waals surface area (Å²) >= 11 is 1.54. The average molecular weight is 320 g/mol. The minimum atomic E-state index is -0.244. The van der Waals surface area contributed by atoms with Crippen LogP contribution in [0.3, 0.4) is 0 Å². The normalized spacial score (nSPS) is 11.8. The van der Waals surface area contributed by atoms with Crippen LogP contribution in [0.1, 0.15) is 36.2 Å².